The molecule has 2 N–H and O–H groups in total. The fourth-order valence-corrected chi connectivity index (χ4v) is 1.21. The van der Waals surface area contributed by atoms with Crippen molar-refractivity contribution >= 4 is 17.7 Å². The number of carbonyl (C=O) groups excluding carboxylic acids is 1. The fourth-order valence-electron chi connectivity index (χ4n) is 1.21. The van der Waals surface area contributed by atoms with Gasteiger partial charge in [0.15, 0.2) is 0 Å². The van der Waals surface area contributed by atoms with Gasteiger partial charge in [0.1, 0.15) is 0 Å². The Kier molecular flexibility index (Phi) is 1.40. The van der Waals surface area contributed by atoms with E-state index < -0.39 is 0 Å². The summed E-state index contributed by atoms with van der Waals surface area (Å²) in [6.07, 6.45) is 2.88. The molecular weight excluding hydrogens is 154 g/mol. The molecule has 12 heavy (non-hydrogen) atoms. The van der Waals surface area contributed by atoms with E-state index >= 15 is 0 Å². The molecule has 0 unspecified atom stereocenters. The number of nitrogens with zero attached hydrogens (tertiary/aromatic N) is 2. The normalized spacial score (nSPS) is 14.5. The summed E-state index contributed by atoms with van der Waals surface area (Å²) in [6, 6.07) is 1.62. The zero-order valence-electron chi connectivity index (χ0n) is 6.32. The minimum Gasteiger partial charge on any atom is -0.398 e. The summed E-state index contributed by atoms with van der Waals surface area (Å²) in [5, 5.41) is 0. The molecule has 0 aromatic carbocycles. The molecule has 0 atom stereocenters. The number of hydrogen-bond acceptors (Lipinski definition) is 4. The van der Waals surface area contributed by atoms with E-state index in [1.807, 2.05) is 0 Å². The van der Waals surface area contributed by atoms with Crippen LogP contribution in [0.25, 0.3) is 0 Å². The molecule has 0 radical (unpaired) electrons. The van der Waals surface area contributed by atoms with Gasteiger partial charge >= 0.3 is 0 Å². The molecule has 0 fully saturated rings. The standard InChI is InChI=1S/C8H7N3O/c9-5-1-2-11-6-3-10-4-7(12)8(5)6/h1-2,4H,3H2,(H2,9,11). The number of fused-ring (bicyclic) bond motifs is 1. The van der Waals surface area contributed by atoms with E-state index in [-0.39, 0.29) is 5.78 Å². The lowest BCUT2D eigenvalue weighted by atomic mass is 10.1. The number of carbonyl (C=O) groups is 1. The van der Waals surface area contributed by atoms with Crippen molar-refractivity contribution in [1.29, 1.82) is 0 Å². The molecule has 0 aliphatic carbocycles. The topological polar surface area (TPSA) is 68.3 Å². The number of rotatable bonds is 0. The average Bonchev–Trinajstić information content (AvgIpc) is 2.04. The second-order valence-electron chi connectivity index (χ2n) is 2.56. The van der Waals surface area contributed by atoms with E-state index in [1.54, 1.807) is 12.3 Å². The van der Waals surface area contributed by atoms with Gasteiger partial charge in [-0.05, 0) is 6.07 Å². The smallest absolute Gasteiger partial charge is 0.207 e. The summed E-state index contributed by atoms with van der Waals surface area (Å²) in [7, 11) is 0. The number of pyridine rings is 1. The van der Waals surface area contributed by atoms with Gasteiger partial charge in [-0.3, -0.25) is 14.8 Å². The molecule has 0 saturated carbocycles. The van der Waals surface area contributed by atoms with E-state index in [2.05, 4.69) is 9.98 Å². The second-order valence-corrected chi connectivity index (χ2v) is 2.56. The molecule has 0 amide bonds. The molecule has 1 aliphatic rings. The first-order valence-corrected chi connectivity index (χ1v) is 3.56. The van der Waals surface area contributed by atoms with Crippen LogP contribution in [-0.4, -0.2) is 17.0 Å². The molecule has 4 nitrogen and oxygen atoms in total. The van der Waals surface area contributed by atoms with Crippen molar-refractivity contribution in [3.8, 4) is 0 Å². The van der Waals surface area contributed by atoms with Gasteiger partial charge in [0.05, 0.1) is 24.0 Å². The van der Waals surface area contributed by atoms with Crippen molar-refractivity contribution in [2.75, 3.05) is 5.73 Å². The maximum Gasteiger partial charge on any atom is 0.207 e. The third-order valence-electron chi connectivity index (χ3n) is 1.76. The number of nitrogens with two attached hydrogens (primary N) is 1. The number of aliphatic imine (C=N–C) groups is 1. The predicted molar refractivity (Wildman–Crippen MR) is 45.2 cm³/mol. The van der Waals surface area contributed by atoms with Crippen molar-refractivity contribution < 1.29 is 4.79 Å². The molecular formula is C8H7N3O. The first-order valence-electron chi connectivity index (χ1n) is 3.56. The summed E-state index contributed by atoms with van der Waals surface area (Å²) in [6.45, 7) is 0.451. The van der Waals surface area contributed by atoms with Crippen molar-refractivity contribution in [3.05, 3.63) is 23.5 Å². The monoisotopic (exact) mass is 161 g/mol. The number of aromatic nitrogens is 1. The van der Waals surface area contributed by atoms with Crippen molar-refractivity contribution in [2.24, 2.45) is 4.99 Å². The van der Waals surface area contributed by atoms with Crippen LogP contribution in [0.1, 0.15) is 16.1 Å². The second kappa shape index (κ2) is 2.41. The molecule has 1 aromatic heterocycles. The molecule has 0 spiro atoms. The minimum absolute atomic E-state index is 0.151. The van der Waals surface area contributed by atoms with Gasteiger partial charge in [-0.1, -0.05) is 0 Å². The van der Waals surface area contributed by atoms with Gasteiger partial charge < -0.3 is 5.73 Å². The van der Waals surface area contributed by atoms with Crippen LogP contribution in [0.15, 0.2) is 17.3 Å². The molecule has 0 saturated heterocycles. The van der Waals surface area contributed by atoms with Gasteiger partial charge in [0, 0.05) is 11.9 Å². The van der Waals surface area contributed by atoms with Crippen LogP contribution >= 0.6 is 0 Å². The Morgan fingerprint density at radius 1 is 1.50 bits per heavy atom. The predicted octanol–water partition coefficient (Wildman–Crippen LogP) is 0.431. The van der Waals surface area contributed by atoms with Crippen LogP contribution in [-0.2, 0) is 6.54 Å². The zero-order chi connectivity index (χ0) is 8.55. The van der Waals surface area contributed by atoms with E-state index in [0.29, 0.717) is 23.5 Å². The van der Waals surface area contributed by atoms with Crippen molar-refractivity contribution in [1.82, 2.24) is 4.98 Å². The third-order valence-corrected chi connectivity index (χ3v) is 1.76. The maximum atomic E-state index is 11.2. The summed E-state index contributed by atoms with van der Waals surface area (Å²) in [4.78, 5) is 19.1. The van der Waals surface area contributed by atoms with Gasteiger partial charge in [0.25, 0.3) is 0 Å². The molecule has 4 heteroatoms. The molecule has 0 bridgehead atoms. The van der Waals surface area contributed by atoms with E-state index in [4.69, 9.17) is 5.73 Å². The first kappa shape index (κ1) is 6.97. The molecule has 1 aromatic rings. The summed E-state index contributed by atoms with van der Waals surface area (Å²) in [5.74, 6) is -0.151. The van der Waals surface area contributed by atoms with Crippen LogP contribution < -0.4 is 5.73 Å². The van der Waals surface area contributed by atoms with E-state index in [9.17, 15) is 4.79 Å². The summed E-state index contributed by atoms with van der Waals surface area (Å²) < 4.78 is 0. The van der Waals surface area contributed by atoms with Gasteiger partial charge in [0.2, 0.25) is 5.78 Å². The van der Waals surface area contributed by atoms with Crippen molar-refractivity contribution in [3.63, 3.8) is 0 Å². The Morgan fingerprint density at radius 3 is 3.08 bits per heavy atom. The largest absolute Gasteiger partial charge is 0.398 e. The third kappa shape index (κ3) is 0.887. The van der Waals surface area contributed by atoms with Crippen molar-refractivity contribution in [2.45, 2.75) is 6.54 Å². The lowest BCUT2D eigenvalue weighted by Crippen LogP contribution is -2.14. The highest BCUT2D eigenvalue weighted by molar-refractivity contribution is 6.37. The number of anilines is 1. The van der Waals surface area contributed by atoms with Crippen LogP contribution in [0, 0.1) is 0 Å². The lowest BCUT2D eigenvalue weighted by Gasteiger charge is -2.09. The number of nitrogen functional groups attached to an aromatic ring is 1. The van der Waals surface area contributed by atoms with Gasteiger partial charge in [-0.15, -0.1) is 0 Å². The highest BCUT2D eigenvalue weighted by atomic mass is 16.1. The molecule has 2 rings (SSSR count). The molecule has 2 heterocycles. The van der Waals surface area contributed by atoms with Gasteiger partial charge in [-0.2, -0.15) is 0 Å². The van der Waals surface area contributed by atoms with Crippen LogP contribution in [0.5, 0.6) is 0 Å². The highest BCUT2D eigenvalue weighted by Crippen LogP contribution is 2.17. The van der Waals surface area contributed by atoms with Crippen LogP contribution in [0.3, 0.4) is 0 Å². The Balaban J connectivity index is 2.66. The number of ketones is 1. The fraction of sp³-hybridized carbons (Fsp3) is 0.125. The number of hydrogen-bond donors (Lipinski definition) is 1. The molecule has 1 aliphatic heterocycles. The lowest BCUT2D eigenvalue weighted by molar-refractivity contribution is 0.106. The van der Waals surface area contributed by atoms with Crippen LogP contribution in [0.2, 0.25) is 0 Å². The highest BCUT2D eigenvalue weighted by Gasteiger charge is 2.16. The van der Waals surface area contributed by atoms with E-state index in [0.717, 1.165) is 0 Å². The average molecular weight is 161 g/mol. The maximum absolute atomic E-state index is 11.2. The van der Waals surface area contributed by atoms with E-state index in [1.165, 1.54) is 6.21 Å². The Labute approximate surface area is 69.1 Å². The Morgan fingerprint density at radius 2 is 2.33 bits per heavy atom. The SMILES string of the molecule is Nc1ccnc2c1C(=O)C=NC2. The Hall–Kier alpha value is -1.71. The quantitative estimate of drug-likeness (QED) is 0.600. The summed E-state index contributed by atoms with van der Waals surface area (Å²) >= 11 is 0. The molecule has 60 valence electrons. The number of Topliss-reactive ketones (excluding diaryl/α,β-unsaturated/α-hetero) is 1. The zero-order valence-corrected chi connectivity index (χ0v) is 6.32. The minimum atomic E-state index is -0.151. The summed E-state index contributed by atoms with van der Waals surface area (Å²) in [5.41, 5.74) is 7.27. The van der Waals surface area contributed by atoms with Gasteiger partial charge in [-0.25, -0.2) is 0 Å². The van der Waals surface area contributed by atoms with Crippen LogP contribution in [0.4, 0.5) is 5.69 Å². The Bertz CT molecular complexity index is 371. The first-order chi connectivity index (χ1) is 5.79.